The minimum Gasteiger partial charge on any atom is -0.311 e. The molecule has 1 aliphatic carbocycles. The summed E-state index contributed by atoms with van der Waals surface area (Å²) in [4.78, 5) is 2.15. The summed E-state index contributed by atoms with van der Waals surface area (Å²) < 4.78 is 28.5. The molecule has 0 aliphatic heterocycles. The Morgan fingerprint density at radius 2 is 1.90 bits per heavy atom. The van der Waals surface area contributed by atoms with Crippen molar-refractivity contribution >= 4 is 0 Å². The first-order valence-corrected chi connectivity index (χ1v) is 7.71. The molecule has 1 fully saturated rings. The minimum absolute atomic E-state index is 0.169. The molecule has 3 atom stereocenters. The van der Waals surface area contributed by atoms with Gasteiger partial charge in [0.15, 0.2) is 0 Å². The van der Waals surface area contributed by atoms with Crippen molar-refractivity contribution in [2.24, 2.45) is 5.92 Å². The van der Waals surface area contributed by atoms with E-state index in [2.05, 4.69) is 17.1 Å². The van der Waals surface area contributed by atoms with Crippen molar-refractivity contribution in [3.05, 3.63) is 35.4 Å². The van der Waals surface area contributed by atoms with E-state index in [1.165, 1.54) is 24.6 Å². The molecule has 0 amide bonds. The third-order valence-corrected chi connectivity index (χ3v) is 5.01. The molecule has 2 nitrogen and oxygen atoms in total. The lowest BCUT2D eigenvalue weighted by atomic mass is 9.69. The lowest BCUT2D eigenvalue weighted by molar-refractivity contribution is 0.0368. The Morgan fingerprint density at radius 3 is 2.38 bits per heavy atom. The first-order valence-electron chi connectivity index (χ1n) is 7.71. The summed E-state index contributed by atoms with van der Waals surface area (Å²) in [5.41, 5.74) is -0.0853. The fraction of sp³-hybridized carbons (Fsp3) is 0.647. The van der Waals surface area contributed by atoms with Crippen LogP contribution in [0.1, 0.15) is 44.2 Å². The fourth-order valence-electron chi connectivity index (χ4n) is 3.96. The van der Waals surface area contributed by atoms with Gasteiger partial charge in [-0.3, -0.25) is 0 Å². The van der Waals surface area contributed by atoms with Gasteiger partial charge >= 0.3 is 0 Å². The van der Waals surface area contributed by atoms with Crippen LogP contribution in [0.2, 0.25) is 0 Å². The number of rotatable bonds is 4. The van der Waals surface area contributed by atoms with Crippen LogP contribution in [0.3, 0.4) is 0 Å². The second-order valence-corrected chi connectivity index (χ2v) is 6.56. The second-order valence-electron chi connectivity index (χ2n) is 6.56. The van der Waals surface area contributed by atoms with Crippen molar-refractivity contribution in [3.8, 4) is 0 Å². The quantitative estimate of drug-likeness (QED) is 0.910. The van der Waals surface area contributed by atoms with Gasteiger partial charge in [0, 0.05) is 11.1 Å². The van der Waals surface area contributed by atoms with Gasteiger partial charge in [-0.2, -0.15) is 0 Å². The first kappa shape index (κ1) is 16.4. The van der Waals surface area contributed by atoms with Gasteiger partial charge in [0.25, 0.3) is 0 Å². The SMILES string of the molecule is CNC(c1c(F)cccc1F)C1(N(C)C)CCCC(C)C1. The molecule has 2 rings (SSSR count). The number of halogens is 2. The van der Waals surface area contributed by atoms with Crippen molar-refractivity contribution in [2.45, 2.75) is 44.2 Å². The highest BCUT2D eigenvalue weighted by Crippen LogP contribution is 2.44. The maximum absolute atomic E-state index is 14.3. The second kappa shape index (κ2) is 6.41. The molecule has 0 heterocycles. The van der Waals surface area contributed by atoms with Gasteiger partial charge in [0.2, 0.25) is 0 Å². The smallest absolute Gasteiger partial charge is 0.130 e. The molecule has 1 aromatic carbocycles. The van der Waals surface area contributed by atoms with Crippen molar-refractivity contribution in [1.82, 2.24) is 10.2 Å². The standard InChI is InChI=1S/C17H26F2N2/c1-12-7-6-10-17(11-12,21(3)4)16(20-2)15-13(18)8-5-9-14(15)19/h5,8-9,12,16,20H,6-7,10-11H2,1-4H3. The highest BCUT2D eigenvalue weighted by Gasteiger charge is 2.45. The summed E-state index contributed by atoms with van der Waals surface area (Å²) in [7, 11) is 5.82. The zero-order chi connectivity index (χ0) is 15.6. The molecule has 3 unspecified atom stereocenters. The zero-order valence-electron chi connectivity index (χ0n) is 13.4. The number of nitrogens with zero attached hydrogens (tertiary/aromatic N) is 1. The Labute approximate surface area is 126 Å². The number of hydrogen-bond donors (Lipinski definition) is 1. The zero-order valence-corrected chi connectivity index (χ0v) is 13.4. The molecule has 0 radical (unpaired) electrons. The van der Waals surface area contributed by atoms with E-state index < -0.39 is 11.6 Å². The van der Waals surface area contributed by atoms with Gasteiger partial charge in [0.05, 0.1) is 6.04 Å². The highest BCUT2D eigenvalue weighted by molar-refractivity contribution is 5.27. The van der Waals surface area contributed by atoms with E-state index in [-0.39, 0.29) is 17.1 Å². The van der Waals surface area contributed by atoms with Crippen LogP contribution in [0, 0.1) is 17.6 Å². The normalized spacial score (nSPS) is 27.9. The average molecular weight is 296 g/mol. The lowest BCUT2D eigenvalue weighted by Gasteiger charge is -2.50. The van der Waals surface area contributed by atoms with Gasteiger partial charge in [-0.1, -0.05) is 25.8 Å². The average Bonchev–Trinajstić information content (AvgIpc) is 2.42. The van der Waals surface area contributed by atoms with E-state index in [1.54, 1.807) is 7.05 Å². The molecule has 4 heteroatoms. The molecule has 1 aliphatic rings. The topological polar surface area (TPSA) is 15.3 Å². The van der Waals surface area contributed by atoms with Crippen molar-refractivity contribution in [1.29, 1.82) is 0 Å². The summed E-state index contributed by atoms with van der Waals surface area (Å²) in [6, 6.07) is 3.76. The monoisotopic (exact) mass is 296 g/mol. The lowest BCUT2D eigenvalue weighted by Crippen LogP contribution is -2.56. The van der Waals surface area contributed by atoms with Gasteiger partial charge < -0.3 is 10.2 Å². The number of nitrogens with one attached hydrogen (secondary N) is 1. The Morgan fingerprint density at radius 1 is 1.29 bits per heavy atom. The van der Waals surface area contributed by atoms with Crippen LogP contribution in [-0.2, 0) is 0 Å². The van der Waals surface area contributed by atoms with Crippen LogP contribution in [-0.4, -0.2) is 31.6 Å². The highest BCUT2D eigenvalue weighted by atomic mass is 19.1. The van der Waals surface area contributed by atoms with Gasteiger partial charge in [-0.15, -0.1) is 0 Å². The summed E-state index contributed by atoms with van der Waals surface area (Å²) in [6.07, 6.45) is 4.17. The summed E-state index contributed by atoms with van der Waals surface area (Å²) in [6.45, 7) is 2.22. The third kappa shape index (κ3) is 2.97. The van der Waals surface area contributed by atoms with E-state index in [9.17, 15) is 8.78 Å². The van der Waals surface area contributed by atoms with Gasteiger partial charge in [0.1, 0.15) is 11.6 Å². The summed E-state index contributed by atoms with van der Waals surface area (Å²) in [5.74, 6) is -0.366. The molecule has 21 heavy (non-hydrogen) atoms. The molecule has 1 N–H and O–H groups in total. The minimum atomic E-state index is -0.464. The largest absolute Gasteiger partial charge is 0.311 e. The van der Waals surface area contributed by atoms with E-state index in [4.69, 9.17) is 0 Å². The van der Waals surface area contributed by atoms with E-state index >= 15 is 0 Å². The number of hydrogen-bond acceptors (Lipinski definition) is 2. The Kier molecular flexibility index (Phi) is 4.99. The molecule has 0 aromatic heterocycles. The Hall–Kier alpha value is -1.00. The molecule has 1 saturated carbocycles. The van der Waals surface area contributed by atoms with Gasteiger partial charge in [-0.25, -0.2) is 8.78 Å². The Bertz CT molecular complexity index is 469. The molecular weight excluding hydrogens is 270 g/mol. The molecule has 0 saturated heterocycles. The molecule has 118 valence electrons. The first-order chi connectivity index (χ1) is 9.92. The van der Waals surface area contributed by atoms with Crippen LogP contribution in [0.5, 0.6) is 0 Å². The van der Waals surface area contributed by atoms with Crippen LogP contribution < -0.4 is 5.32 Å². The third-order valence-electron chi connectivity index (χ3n) is 5.01. The Balaban J connectivity index is 2.50. The summed E-state index contributed by atoms with van der Waals surface area (Å²) in [5, 5.41) is 3.19. The van der Waals surface area contributed by atoms with Gasteiger partial charge in [-0.05, 0) is 52.0 Å². The fourth-order valence-corrected chi connectivity index (χ4v) is 3.96. The van der Waals surface area contributed by atoms with Crippen LogP contribution >= 0.6 is 0 Å². The van der Waals surface area contributed by atoms with E-state index in [0.717, 1.165) is 19.3 Å². The van der Waals surface area contributed by atoms with Crippen LogP contribution in [0.4, 0.5) is 8.78 Å². The summed E-state index contributed by atoms with van der Waals surface area (Å²) >= 11 is 0. The van der Waals surface area contributed by atoms with Crippen molar-refractivity contribution in [2.75, 3.05) is 21.1 Å². The maximum atomic E-state index is 14.3. The predicted octanol–water partition coefficient (Wildman–Crippen LogP) is 3.74. The van der Waals surface area contributed by atoms with Crippen molar-refractivity contribution in [3.63, 3.8) is 0 Å². The molecule has 0 bridgehead atoms. The van der Waals surface area contributed by atoms with E-state index in [1.807, 2.05) is 14.1 Å². The van der Waals surface area contributed by atoms with E-state index in [0.29, 0.717) is 5.92 Å². The number of likely N-dealkylation sites (N-methyl/N-ethyl adjacent to an activating group) is 2. The van der Waals surface area contributed by atoms with Crippen LogP contribution in [0.15, 0.2) is 18.2 Å². The predicted molar refractivity (Wildman–Crippen MR) is 82.2 cm³/mol. The maximum Gasteiger partial charge on any atom is 0.130 e. The molecular formula is C17H26F2N2. The molecule has 1 aromatic rings. The molecule has 0 spiro atoms. The van der Waals surface area contributed by atoms with Crippen LogP contribution in [0.25, 0.3) is 0 Å². The number of benzene rings is 1. The van der Waals surface area contributed by atoms with Crippen molar-refractivity contribution < 1.29 is 8.78 Å².